The Morgan fingerprint density at radius 1 is 1.48 bits per heavy atom. The highest BCUT2D eigenvalue weighted by Crippen LogP contribution is 2.27. The highest BCUT2D eigenvalue weighted by Gasteiger charge is 2.22. The van der Waals surface area contributed by atoms with Crippen molar-refractivity contribution in [1.82, 2.24) is 9.88 Å². The van der Waals surface area contributed by atoms with Gasteiger partial charge in [-0.05, 0) is 11.6 Å². The van der Waals surface area contributed by atoms with Gasteiger partial charge in [-0.1, -0.05) is 5.16 Å². The Balaban J connectivity index is 1.72. The van der Waals surface area contributed by atoms with Crippen molar-refractivity contribution in [3.8, 4) is 0 Å². The van der Waals surface area contributed by atoms with Crippen LogP contribution in [-0.2, 0) is 33.5 Å². The molecule has 7 nitrogen and oxygen atoms in total. The van der Waals surface area contributed by atoms with Gasteiger partial charge in [0.1, 0.15) is 17.7 Å². The Hall–Kier alpha value is -1.71. The number of ether oxygens (including phenoxy) is 1. The summed E-state index contributed by atoms with van der Waals surface area (Å²) in [5.74, 6) is -1.03. The summed E-state index contributed by atoms with van der Waals surface area (Å²) >= 11 is 1.30. The summed E-state index contributed by atoms with van der Waals surface area (Å²) in [4.78, 5) is 13.5. The third kappa shape index (κ3) is 3.31. The van der Waals surface area contributed by atoms with Crippen LogP contribution in [0.4, 0.5) is 0 Å². The fraction of sp³-hybridized carbons (Fsp3) is 0.333. The summed E-state index contributed by atoms with van der Waals surface area (Å²) in [5, 5.41) is 3.52. The van der Waals surface area contributed by atoms with Gasteiger partial charge in [-0.25, -0.2) is 13.1 Å². The molecular formula is C12H12N2O5S2. The first-order valence-corrected chi connectivity index (χ1v) is 8.64. The van der Waals surface area contributed by atoms with E-state index in [1.807, 2.05) is 4.72 Å². The van der Waals surface area contributed by atoms with Crippen molar-refractivity contribution in [3.05, 3.63) is 39.4 Å². The number of sulfonamides is 1. The number of carbonyl (C=O) groups is 1. The minimum atomic E-state index is -3.80. The van der Waals surface area contributed by atoms with Crippen LogP contribution < -0.4 is 4.72 Å². The van der Waals surface area contributed by atoms with Gasteiger partial charge >= 0.3 is 0 Å². The Kier molecular flexibility index (Phi) is 3.79. The second kappa shape index (κ2) is 5.58. The van der Waals surface area contributed by atoms with Gasteiger partial charge in [0, 0.05) is 17.4 Å². The second-order valence-corrected chi connectivity index (χ2v) is 7.40. The van der Waals surface area contributed by atoms with Crippen LogP contribution in [0, 0.1) is 0 Å². The topological polar surface area (TPSA) is 98.5 Å². The fourth-order valence-electron chi connectivity index (χ4n) is 1.99. The minimum absolute atomic E-state index is 0.245. The molecule has 2 aromatic rings. The number of aromatic nitrogens is 1. The van der Waals surface area contributed by atoms with Crippen molar-refractivity contribution in [2.75, 3.05) is 6.61 Å². The number of hydrogen-bond acceptors (Lipinski definition) is 7. The van der Waals surface area contributed by atoms with Gasteiger partial charge in [0.15, 0.2) is 0 Å². The fourth-order valence-corrected chi connectivity index (χ4v) is 4.11. The highest BCUT2D eigenvalue weighted by molar-refractivity contribution is 7.89. The summed E-state index contributed by atoms with van der Waals surface area (Å²) in [6.07, 6.45) is 2.03. The van der Waals surface area contributed by atoms with E-state index in [4.69, 9.17) is 4.74 Å². The second-order valence-electron chi connectivity index (χ2n) is 4.54. The van der Waals surface area contributed by atoms with Crippen molar-refractivity contribution in [3.63, 3.8) is 0 Å². The maximum atomic E-state index is 12.0. The zero-order chi connectivity index (χ0) is 14.9. The average Bonchev–Trinajstić information content (AvgIpc) is 3.05. The molecule has 1 aliphatic rings. The molecule has 0 aliphatic carbocycles. The SMILES string of the molecule is O=C(NS(=O)(=O)Cc1ccon1)c1cc2c(s1)CCOC2. The highest BCUT2D eigenvalue weighted by atomic mass is 32.2. The van der Waals surface area contributed by atoms with Crippen molar-refractivity contribution in [1.29, 1.82) is 0 Å². The van der Waals surface area contributed by atoms with Gasteiger partial charge in [-0.3, -0.25) is 4.79 Å². The quantitative estimate of drug-likeness (QED) is 0.901. The van der Waals surface area contributed by atoms with E-state index >= 15 is 0 Å². The van der Waals surface area contributed by atoms with E-state index in [-0.39, 0.29) is 5.69 Å². The van der Waals surface area contributed by atoms with Gasteiger partial charge in [0.2, 0.25) is 10.0 Å². The molecule has 0 spiro atoms. The third-order valence-electron chi connectivity index (χ3n) is 2.93. The molecule has 0 atom stereocenters. The smallest absolute Gasteiger partial charge is 0.274 e. The zero-order valence-corrected chi connectivity index (χ0v) is 12.5. The molecule has 1 N–H and O–H groups in total. The molecule has 0 unspecified atom stereocenters. The van der Waals surface area contributed by atoms with Crippen molar-refractivity contribution in [2.45, 2.75) is 18.8 Å². The van der Waals surface area contributed by atoms with Crippen LogP contribution in [0.25, 0.3) is 0 Å². The van der Waals surface area contributed by atoms with Crippen molar-refractivity contribution >= 4 is 27.3 Å². The first kappa shape index (κ1) is 14.2. The number of fused-ring (bicyclic) bond motifs is 1. The van der Waals surface area contributed by atoms with Crippen molar-refractivity contribution in [2.24, 2.45) is 0 Å². The molecule has 3 rings (SSSR count). The van der Waals surface area contributed by atoms with Crippen LogP contribution in [0.5, 0.6) is 0 Å². The van der Waals surface area contributed by atoms with E-state index in [9.17, 15) is 13.2 Å². The predicted octanol–water partition coefficient (Wildman–Crippen LogP) is 1.07. The standard InChI is InChI=1S/C12H12N2O5S2/c15-12(11-5-8-6-18-3-2-10(8)20-11)14-21(16,17)7-9-1-4-19-13-9/h1,4-5H,2-3,6-7H2,(H,14,15). The summed E-state index contributed by atoms with van der Waals surface area (Å²) in [6.45, 7) is 1.09. The van der Waals surface area contributed by atoms with Gasteiger partial charge in [0.05, 0.1) is 18.1 Å². The van der Waals surface area contributed by atoms with Crippen LogP contribution in [0.15, 0.2) is 22.9 Å². The molecule has 9 heteroatoms. The molecule has 21 heavy (non-hydrogen) atoms. The van der Waals surface area contributed by atoms with Gasteiger partial charge in [-0.2, -0.15) is 0 Å². The normalized spacial score (nSPS) is 14.7. The average molecular weight is 328 g/mol. The van der Waals surface area contributed by atoms with Gasteiger partial charge in [-0.15, -0.1) is 11.3 Å². The number of amides is 1. The summed E-state index contributed by atoms with van der Waals surface area (Å²) in [5.41, 5.74) is 1.19. The lowest BCUT2D eigenvalue weighted by Crippen LogP contribution is -2.31. The number of rotatable bonds is 4. The Morgan fingerprint density at radius 2 is 2.33 bits per heavy atom. The number of nitrogens with zero attached hydrogens (tertiary/aromatic N) is 1. The van der Waals surface area contributed by atoms with E-state index in [0.717, 1.165) is 16.9 Å². The lowest BCUT2D eigenvalue weighted by atomic mass is 10.2. The predicted molar refractivity (Wildman–Crippen MR) is 74.3 cm³/mol. The molecule has 3 heterocycles. The molecule has 0 saturated carbocycles. The maximum Gasteiger partial charge on any atom is 0.274 e. The Bertz CT molecular complexity index is 725. The number of hydrogen-bond donors (Lipinski definition) is 1. The van der Waals surface area contributed by atoms with Crippen LogP contribution in [-0.4, -0.2) is 26.1 Å². The summed E-state index contributed by atoms with van der Waals surface area (Å²) in [7, 11) is -3.80. The number of carbonyl (C=O) groups excluding carboxylic acids is 1. The van der Waals surface area contributed by atoms with E-state index in [1.165, 1.54) is 23.7 Å². The maximum absolute atomic E-state index is 12.0. The largest absolute Gasteiger partial charge is 0.376 e. The third-order valence-corrected chi connectivity index (χ3v) is 5.34. The summed E-state index contributed by atoms with van der Waals surface area (Å²) < 4.78 is 35.7. The molecule has 1 amide bonds. The van der Waals surface area contributed by atoms with Gasteiger partial charge in [0.25, 0.3) is 5.91 Å². The molecule has 1 aliphatic heterocycles. The molecule has 0 bridgehead atoms. The lowest BCUT2D eigenvalue weighted by molar-refractivity contribution is 0.0984. The molecule has 0 aromatic carbocycles. The van der Waals surface area contributed by atoms with Crippen LogP contribution >= 0.6 is 11.3 Å². The molecular weight excluding hydrogens is 316 g/mol. The van der Waals surface area contributed by atoms with E-state index in [2.05, 4.69) is 9.68 Å². The van der Waals surface area contributed by atoms with E-state index < -0.39 is 21.7 Å². The number of nitrogens with one attached hydrogen (secondary N) is 1. The Morgan fingerprint density at radius 3 is 3.05 bits per heavy atom. The molecule has 112 valence electrons. The monoisotopic (exact) mass is 328 g/mol. The molecule has 2 aromatic heterocycles. The zero-order valence-electron chi connectivity index (χ0n) is 10.9. The first-order chi connectivity index (χ1) is 10.0. The number of thiophene rings is 1. The van der Waals surface area contributed by atoms with E-state index in [0.29, 0.717) is 18.1 Å². The van der Waals surface area contributed by atoms with Crippen molar-refractivity contribution < 1.29 is 22.5 Å². The Labute approximate surface area is 124 Å². The molecule has 0 radical (unpaired) electrons. The minimum Gasteiger partial charge on any atom is -0.376 e. The molecule has 0 fully saturated rings. The van der Waals surface area contributed by atoms with Crippen LogP contribution in [0.3, 0.4) is 0 Å². The van der Waals surface area contributed by atoms with Crippen LogP contribution in [0.1, 0.15) is 25.8 Å². The van der Waals surface area contributed by atoms with E-state index in [1.54, 1.807) is 6.07 Å². The lowest BCUT2D eigenvalue weighted by Gasteiger charge is -2.10. The first-order valence-electron chi connectivity index (χ1n) is 6.17. The molecule has 0 saturated heterocycles. The van der Waals surface area contributed by atoms with Gasteiger partial charge < -0.3 is 9.26 Å². The van der Waals surface area contributed by atoms with Crippen LogP contribution in [0.2, 0.25) is 0 Å². The summed E-state index contributed by atoms with van der Waals surface area (Å²) in [6, 6.07) is 3.12.